The van der Waals surface area contributed by atoms with Gasteiger partial charge in [-0.3, -0.25) is 24.6 Å². The predicted octanol–water partition coefficient (Wildman–Crippen LogP) is 2.39. The average Bonchev–Trinajstić information content (AvgIpc) is 2.78. The molecule has 0 spiro atoms. The highest BCUT2D eigenvalue weighted by atomic mass is 16.6. The molecule has 1 atom stereocenters. The molecule has 3 rings (SSSR count). The Kier molecular flexibility index (Phi) is 6.63. The number of non-ortho nitro benzene ring substituents is 1. The number of nitro groups is 1. The summed E-state index contributed by atoms with van der Waals surface area (Å²) in [7, 11) is 1.43. The Morgan fingerprint density at radius 2 is 1.77 bits per heavy atom. The maximum Gasteiger partial charge on any atom is 0.271 e. The highest BCUT2D eigenvalue weighted by Crippen LogP contribution is 2.29. The van der Waals surface area contributed by atoms with E-state index in [-0.39, 0.29) is 23.2 Å². The van der Waals surface area contributed by atoms with Gasteiger partial charge in [0.15, 0.2) is 0 Å². The molecule has 0 radical (unpaired) electrons. The molecule has 2 amide bonds. The molecule has 158 valence electrons. The third kappa shape index (κ3) is 4.74. The fourth-order valence-electron chi connectivity index (χ4n) is 3.39. The van der Waals surface area contributed by atoms with Crippen LogP contribution in [0.2, 0.25) is 0 Å². The zero-order valence-corrected chi connectivity index (χ0v) is 16.9. The van der Waals surface area contributed by atoms with Gasteiger partial charge in [-0.1, -0.05) is 18.2 Å². The van der Waals surface area contributed by atoms with Crippen LogP contribution in [0, 0.1) is 10.1 Å². The number of carbonyl (C=O) groups is 2. The van der Waals surface area contributed by atoms with Gasteiger partial charge in [-0.25, -0.2) is 0 Å². The monoisotopic (exact) mass is 412 g/mol. The van der Waals surface area contributed by atoms with E-state index in [1.165, 1.54) is 25.3 Å². The van der Waals surface area contributed by atoms with Crippen LogP contribution in [0.3, 0.4) is 0 Å². The number of amides is 2. The smallest absolute Gasteiger partial charge is 0.271 e. The van der Waals surface area contributed by atoms with Crippen molar-refractivity contribution in [3.63, 3.8) is 0 Å². The molecule has 1 fully saturated rings. The van der Waals surface area contributed by atoms with Gasteiger partial charge in [0.05, 0.1) is 23.8 Å². The molecule has 0 saturated carbocycles. The summed E-state index contributed by atoms with van der Waals surface area (Å²) in [6.45, 7) is 3.92. The van der Waals surface area contributed by atoms with Gasteiger partial charge in [-0.05, 0) is 25.1 Å². The summed E-state index contributed by atoms with van der Waals surface area (Å²) in [4.78, 5) is 39.6. The summed E-state index contributed by atoms with van der Waals surface area (Å²) in [5.74, 6) is 0.0322. The molecule has 2 aromatic rings. The van der Waals surface area contributed by atoms with Crippen LogP contribution in [0.5, 0.6) is 5.75 Å². The average molecular weight is 412 g/mol. The lowest BCUT2D eigenvalue weighted by atomic mass is 10.1. The second kappa shape index (κ2) is 9.36. The normalized spacial score (nSPS) is 15.3. The first-order valence-electron chi connectivity index (χ1n) is 9.62. The molecule has 1 N–H and O–H groups in total. The third-order valence-corrected chi connectivity index (χ3v) is 5.20. The maximum atomic E-state index is 12.7. The van der Waals surface area contributed by atoms with Gasteiger partial charge in [-0.2, -0.15) is 0 Å². The lowest BCUT2D eigenvalue weighted by molar-refractivity contribution is -0.384. The zero-order chi connectivity index (χ0) is 21.7. The van der Waals surface area contributed by atoms with Gasteiger partial charge in [-0.15, -0.1) is 0 Å². The summed E-state index contributed by atoms with van der Waals surface area (Å²) in [6.07, 6.45) is 0. The van der Waals surface area contributed by atoms with E-state index < -0.39 is 11.0 Å². The Balaban J connectivity index is 1.61. The van der Waals surface area contributed by atoms with Crippen LogP contribution in [-0.2, 0) is 4.79 Å². The first kappa shape index (κ1) is 21.3. The summed E-state index contributed by atoms with van der Waals surface area (Å²) in [5.41, 5.74) is 0.766. The Morgan fingerprint density at radius 1 is 1.10 bits per heavy atom. The number of hydrogen-bond donors (Lipinski definition) is 1. The van der Waals surface area contributed by atoms with Crippen LogP contribution in [0.4, 0.5) is 11.4 Å². The van der Waals surface area contributed by atoms with Crippen LogP contribution >= 0.6 is 0 Å². The van der Waals surface area contributed by atoms with Crippen molar-refractivity contribution in [2.24, 2.45) is 0 Å². The van der Waals surface area contributed by atoms with Gasteiger partial charge in [0.25, 0.3) is 11.6 Å². The van der Waals surface area contributed by atoms with E-state index in [1.807, 2.05) is 23.1 Å². The van der Waals surface area contributed by atoms with Crippen LogP contribution in [0.1, 0.15) is 17.3 Å². The number of carbonyl (C=O) groups excluding carboxylic acids is 2. The molecule has 1 heterocycles. The molecule has 1 aliphatic rings. The van der Waals surface area contributed by atoms with Crippen molar-refractivity contribution in [3.05, 3.63) is 64.2 Å². The number of methoxy groups -OCH3 is 1. The van der Waals surface area contributed by atoms with Crippen molar-refractivity contribution in [1.29, 1.82) is 0 Å². The topological polar surface area (TPSA) is 105 Å². The Morgan fingerprint density at radius 3 is 2.37 bits per heavy atom. The van der Waals surface area contributed by atoms with E-state index >= 15 is 0 Å². The standard InChI is InChI=1S/C21H24N4O5/c1-15(20(26)22-18-14-17(25(28)29)8-9-19(18)30-2)23-10-12-24(13-11-23)21(27)16-6-4-3-5-7-16/h3-9,14-15H,10-13H2,1-2H3,(H,22,26)/t15-/m1/s1. The molecular weight excluding hydrogens is 388 g/mol. The summed E-state index contributed by atoms with van der Waals surface area (Å²) in [5, 5.41) is 13.7. The second-order valence-electron chi connectivity index (χ2n) is 7.00. The molecule has 1 saturated heterocycles. The highest BCUT2D eigenvalue weighted by molar-refractivity contribution is 5.96. The van der Waals surface area contributed by atoms with E-state index in [2.05, 4.69) is 5.32 Å². The molecule has 1 aliphatic heterocycles. The summed E-state index contributed by atoms with van der Waals surface area (Å²) >= 11 is 0. The number of hydrogen-bond acceptors (Lipinski definition) is 6. The molecule has 2 aromatic carbocycles. The van der Waals surface area contributed by atoms with Crippen LogP contribution in [0.15, 0.2) is 48.5 Å². The predicted molar refractivity (Wildman–Crippen MR) is 112 cm³/mol. The first-order chi connectivity index (χ1) is 14.4. The number of anilines is 1. The van der Waals surface area contributed by atoms with E-state index in [9.17, 15) is 19.7 Å². The van der Waals surface area contributed by atoms with E-state index in [1.54, 1.807) is 24.0 Å². The number of nitrogens with zero attached hydrogens (tertiary/aromatic N) is 3. The molecule has 0 bridgehead atoms. The Labute approximate surface area is 174 Å². The van der Waals surface area contributed by atoms with Gasteiger partial charge in [0, 0.05) is 43.9 Å². The molecule has 0 aliphatic carbocycles. The van der Waals surface area contributed by atoms with E-state index in [4.69, 9.17) is 4.74 Å². The number of ether oxygens (including phenoxy) is 1. The minimum Gasteiger partial charge on any atom is -0.495 e. The van der Waals surface area contributed by atoms with Crippen molar-refractivity contribution in [2.75, 3.05) is 38.6 Å². The van der Waals surface area contributed by atoms with Crippen molar-refractivity contribution >= 4 is 23.2 Å². The molecule has 0 unspecified atom stereocenters. The molecule has 9 nitrogen and oxygen atoms in total. The van der Waals surface area contributed by atoms with Gasteiger partial charge < -0.3 is 15.0 Å². The van der Waals surface area contributed by atoms with Crippen LogP contribution in [-0.4, -0.2) is 65.9 Å². The fraction of sp³-hybridized carbons (Fsp3) is 0.333. The molecule has 9 heteroatoms. The molecular formula is C21H24N4O5. The van der Waals surface area contributed by atoms with Gasteiger partial charge in [0.1, 0.15) is 5.75 Å². The number of nitro benzene ring substituents is 1. The minimum absolute atomic E-state index is 0.0197. The Hall–Kier alpha value is -3.46. The summed E-state index contributed by atoms with van der Waals surface area (Å²) < 4.78 is 5.19. The first-order valence-corrected chi connectivity index (χ1v) is 9.62. The van der Waals surface area contributed by atoms with Gasteiger partial charge >= 0.3 is 0 Å². The number of piperazine rings is 1. The SMILES string of the molecule is COc1ccc([N+](=O)[O-])cc1NC(=O)[C@@H](C)N1CCN(C(=O)c2ccccc2)CC1. The van der Waals surface area contributed by atoms with Crippen molar-refractivity contribution < 1.29 is 19.2 Å². The second-order valence-corrected chi connectivity index (χ2v) is 7.00. The largest absolute Gasteiger partial charge is 0.495 e. The zero-order valence-electron chi connectivity index (χ0n) is 16.9. The molecule has 0 aromatic heterocycles. The van der Waals surface area contributed by atoms with Gasteiger partial charge in [0.2, 0.25) is 5.91 Å². The van der Waals surface area contributed by atoms with Crippen LogP contribution in [0.25, 0.3) is 0 Å². The van der Waals surface area contributed by atoms with E-state index in [0.717, 1.165) is 0 Å². The maximum absolute atomic E-state index is 12.7. The van der Waals surface area contributed by atoms with E-state index in [0.29, 0.717) is 37.5 Å². The molecule has 30 heavy (non-hydrogen) atoms. The number of benzene rings is 2. The lowest BCUT2D eigenvalue weighted by Crippen LogP contribution is -2.54. The summed E-state index contributed by atoms with van der Waals surface area (Å²) in [6, 6.07) is 12.7. The van der Waals surface area contributed by atoms with Crippen molar-refractivity contribution in [1.82, 2.24) is 9.80 Å². The number of nitrogens with one attached hydrogen (secondary N) is 1. The minimum atomic E-state index is -0.526. The van der Waals surface area contributed by atoms with Crippen LogP contribution < -0.4 is 10.1 Å². The quantitative estimate of drug-likeness (QED) is 0.577. The number of rotatable bonds is 6. The van der Waals surface area contributed by atoms with Crippen molar-refractivity contribution in [2.45, 2.75) is 13.0 Å². The Bertz CT molecular complexity index is 926. The van der Waals surface area contributed by atoms with Crippen molar-refractivity contribution in [3.8, 4) is 5.75 Å². The highest BCUT2D eigenvalue weighted by Gasteiger charge is 2.28. The third-order valence-electron chi connectivity index (χ3n) is 5.20. The lowest BCUT2D eigenvalue weighted by Gasteiger charge is -2.37. The fourth-order valence-corrected chi connectivity index (χ4v) is 3.39.